The second-order valence-electron chi connectivity index (χ2n) is 5.19. The first kappa shape index (κ1) is 11.5. The van der Waals surface area contributed by atoms with Crippen molar-refractivity contribution in [2.45, 2.75) is 26.3 Å². The van der Waals surface area contributed by atoms with Gasteiger partial charge in [0.2, 0.25) is 0 Å². The van der Waals surface area contributed by atoms with Gasteiger partial charge in [0.05, 0.1) is 6.04 Å². The minimum atomic E-state index is 0.356. The van der Waals surface area contributed by atoms with Crippen molar-refractivity contribution in [3.63, 3.8) is 0 Å². The summed E-state index contributed by atoms with van der Waals surface area (Å²) < 4.78 is 0. The Balaban J connectivity index is 2.06. The molecule has 1 N–H and O–H groups in total. The summed E-state index contributed by atoms with van der Waals surface area (Å²) in [6, 6.07) is 15.9. The van der Waals surface area contributed by atoms with Crippen LogP contribution in [0.1, 0.15) is 33.9 Å². The lowest BCUT2D eigenvalue weighted by atomic mass is 9.87. The summed E-state index contributed by atoms with van der Waals surface area (Å²) in [5, 5.41) is 3.64. The lowest BCUT2D eigenvalue weighted by Crippen LogP contribution is -2.31. The molecule has 1 heterocycles. The molecule has 2 aromatic carbocycles. The molecule has 0 fully saturated rings. The van der Waals surface area contributed by atoms with Crippen LogP contribution in [0.5, 0.6) is 0 Å². The number of hydrogen-bond donors (Lipinski definition) is 1. The van der Waals surface area contributed by atoms with Crippen LogP contribution in [0.15, 0.2) is 42.5 Å². The topological polar surface area (TPSA) is 12.0 Å². The van der Waals surface area contributed by atoms with Gasteiger partial charge in [-0.2, -0.15) is 0 Å². The summed E-state index contributed by atoms with van der Waals surface area (Å²) in [5.41, 5.74) is 7.09. The first-order valence-corrected chi connectivity index (χ1v) is 6.64. The van der Waals surface area contributed by atoms with E-state index in [-0.39, 0.29) is 0 Å². The summed E-state index contributed by atoms with van der Waals surface area (Å²) in [6.45, 7) is 5.42. The van der Waals surface area contributed by atoms with Crippen LogP contribution in [0.25, 0.3) is 0 Å². The SMILES string of the molecule is Cc1ccc(C2NCCc3c(C)cccc32)cc1. The van der Waals surface area contributed by atoms with Crippen molar-refractivity contribution in [3.05, 3.63) is 70.3 Å². The summed E-state index contributed by atoms with van der Waals surface area (Å²) in [4.78, 5) is 0. The van der Waals surface area contributed by atoms with Crippen LogP contribution in [0, 0.1) is 13.8 Å². The van der Waals surface area contributed by atoms with Gasteiger partial charge in [-0.15, -0.1) is 0 Å². The number of benzene rings is 2. The molecule has 0 saturated heterocycles. The molecule has 3 rings (SSSR count). The highest BCUT2D eigenvalue weighted by Gasteiger charge is 2.21. The van der Waals surface area contributed by atoms with E-state index in [0.29, 0.717) is 6.04 Å². The van der Waals surface area contributed by atoms with E-state index >= 15 is 0 Å². The summed E-state index contributed by atoms with van der Waals surface area (Å²) in [6.07, 6.45) is 1.14. The molecule has 1 nitrogen and oxygen atoms in total. The maximum atomic E-state index is 3.64. The smallest absolute Gasteiger partial charge is 0.0579 e. The van der Waals surface area contributed by atoms with Gasteiger partial charge in [0.25, 0.3) is 0 Å². The molecule has 1 heteroatoms. The van der Waals surface area contributed by atoms with Gasteiger partial charge in [0.1, 0.15) is 0 Å². The van der Waals surface area contributed by atoms with Gasteiger partial charge in [-0.25, -0.2) is 0 Å². The third kappa shape index (κ3) is 1.95. The molecule has 1 unspecified atom stereocenters. The van der Waals surface area contributed by atoms with Crippen LogP contribution in [-0.2, 0) is 6.42 Å². The standard InChI is InChI=1S/C17H19N/c1-12-6-8-14(9-7-12)17-16-5-3-4-13(2)15(16)10-11-18-17/h3-9,17-18H,10-11H2,1-2H3. The molecule has 0 radical (unpaired) electrons. The predicted octanol–water partition coefficient (Wildman–Crippen LogP) is 3.54. The molecule has 0 spiro atoms. The van der Waals surface area contributed by atoms with E-state index in [0.717, 1.165) is 13.0 Å². The van der Waals surface area contributed by atoms with Gasteiger partial charge in [0, 0.05) is 6.54 Å². The lowest BCUT2D eigenvalue weighted by Gasteiger charge is -2.28. The van der Waals surface area contributed by atoms with Gasteiger partial charge in [-0.05, 0) is 42.5 Å². The Morgan fingerprint density at radius 2 is 1.78 bits per heavy atom. The third-order valence-electron chi connectivity index (χ3n) is 3.89. The van der Waals surface area contributed by atoms with Crippen LogP contribution >= 0.6 is 0 Å². The zero-order valence-electron chi connectivity index (χ0n) is 11.0. The highest BCUT2D eigenvalue weighted by atomic mass is 14.9. The molecular formula is C17H19N. The Hall–Kier alpha value is -1.60. The zero-order valence-corrected chi connectivity index (χ0v) is 11.0. The summed E-state index contributed by atoms with van der Waals surface area (Å²) in [5.74, 6) is 0. The molecule has 1 aliphatic rings. The second-order valence-corrected chi connectivity index (χ2v) is 5.19. The highest BCUT2D eigenvalue weighted by Crippen LogP contribution is 2.30. The number of nitrogens with one attached hydrogen (secondary N) is 1. The Morgan fingerprint density at radius 1 is 1.00 bits per heavy atom. The van der Waals surface area contributed by atoms with E-state index in [2.05, 4.69) is 61.6 Å². The summed E-state index contributed by atoms with van der Waals surface area (Å²) >= 11 is 0. The first-order valence-electron chi connectivity index (χ1n) is 6.64. The fourth-order valence-electron chi connectivity index (χ4n) is 2.84. The molecule has 0 saturated carbocycles. The Kier molecular flexibility index (Phi) is 2.92. The first-order chi connectivity index (χ1) is 8.75. The zero-order chi connectivity index (χ0) is 12.5. The van der Waals surface area contributed by atoms with Crippen LogP contribution in [0.2, 0.25) is 0 Å². The van der Waals surface area contributed by atoms with Crippen LogP contribution < -0.4 is 5.32 Å². The fourth-order valence-corrected chi connectivity index (χ4v) is 2.84. The third-order valence-corrected chi connectivity index (χ3v) is 3.89. The Morgan fingerprint density at radius 3 is 2.56 bits per heavy atom. The highest BCUT2D eigenvalue weighted by molar-refractivity contribution is 5.43. The molecule has 0 bridgehead atoms. The molecular weight excluding hydrogens is 218 g/mol. The number of hydrogen-bond acceptors (Lipinski definition) is 1. The molecule has 1 aliphatic heterocycles. The monoisotopic (exact) mass is 237 g/mol. The van der Waals surface area contributed by atoms with Crippen molar-refractivity contribution in [1.29, 1.82) is 0 Å². The molecule has 2 aromatic rings. The average molecular weight is 237 g/mol. The van der Waals surface area contributed by atoms with Gasteiger partial charge in [-0.1, -0.05) is 48.0 Å². The predicted molar refractivity (Wildman–Crippen MR) is 75.9 cm³/mol. The van der Waals surface area contributed by atoms with Gasteiger partial charge in [-0.3, -0.25) is 0 Å². The van der Waals surface area contributed by atoms with Crippen molar-refractivity contribution < 1.29 is 0 Å². The van der Waals surface area contributed by atoms with E-state index < -0.39 is 0 Å². The quantitative estimate of drug-likeness (QED) is 0.800. The van der Waals surface area contributed by atoms with Crippen LogP contribution in [0.4, 0.5) is 0 Å². The van der Waals surface area contributed by atoms with Crippen molar-refractivity contribution >= 4 is 0 Å². The summed E-state index contributed by atoms with van der Waals surface area (Å²) in [7, 11) is 0. The largest absolute Gasteiger partial charge is 0.306 e. The van der Waals surface area contributed by atoms with E-state index in [1.807, 2.05) is 0 Å². The minimum absolute atomic E-state index is 0.356. The van der Waals surface area contributed by atoms with Crippen molar-refractivity contribution in [2.75, 3.05) is 6.54 Å². The Labute approximate surface area is 109 Å². The van der Waals surface area contributed by atoms with Gasteiger partial charge >= 0.3 is 0 Å². The maximum absolute atomic E-state index is 3.64. The van der Waals surface area contributed by atoms with Crippen LogP contribution in [0.3, 0.4) is 0 Å². The average Bonchev–Trinajstić information content (AvgIpc) is 2.40. The van der Waals surface area contributed by atoms with Crippen molar-refractivity contribution in [2.24, 2.45) is 0 Å². The Bertz CT molecular complexity index is 554. The van der Waals surface area contributed by atoms with Crippen molar-refractivity contribution in [3.8, 4) is 0 Å². The van der Waals surface area contributed by atoms with Crippen molar-refractivity contribution in [1.82, 2.24) is 5.32 Å². The van der Waals surface area contributed by atoms with E-state index in [4.69, 9.17) is 0 Å². The molecule has 0 amide bonds. The van der Waals surface area contributed by atoms with E-state index in [1.54, 1.807) is 0 Å². The second kappa shape index (κ2) is 4.58. The van der Waals surface area contributed by atoms with Gasteiger partial charge in [0.15, 0.2) is 0 Å². The number of fused-ring (bicyclic) bond motifs is 1. The molecule has 0 aromatic heterocycles. The molecule has 0 aliphatic carbocycles. The number of rotatable bonds is 1. The van der Waals surface area contributed by atoms with E-state index in [1.165, 1.54) is 27.8 Å². The number of aryl methyl sites for hydroxylation is 2. The normalized spacial score (nSPS) is 18.4. The molecule has 18 heavy (non-hydrogen) atoms. The fraction of sp³-hybridized carbons (Fsp3) is 0.294. The molecule has 1 atom stereocenters. The molecule has 92 valence electrons. The van der Waals surface area contributed by atoms with Crippen LogP contribution in [-0.4, -0.2) is 6.54 Å². The van der Waals surface area contributed by atoms with E-state index in [9.17, 15) is 0 Å². The van der Waals surface area contributed by atoms with Gasteiger partial charge < -0.3 is 5.32 Å². The maximum Gasteiger partial charge on any atom is 0.0579 e. The lowest BCUT2D eigenvalue weighted by molar-refractivity contribution is 0.566. The minimum Gasteiger partial charge on any atom is -0.306 e.